The molecule has 0 saturated carbocycles. The molecule has 4 aliphatic heterocycles. The van der Waals surface area contributed by atoms with Gasteiger partial charge in [0, 0.05) is 105 Å². The molecule has 0 radical (unpaired) electrons. The number of hydrogen-bond acceptors (Lipinski definition) is 34. The largest absolute Gasteiger partial charge is 0.483 e. The molecular weight excluding hydrogens is 1590 g/mol. The predicted molar refractivity (Wildman–Crippen MR) is 402 cm³/mol. The number of ether oxygens (including phenoxy) is 8. The van der Waals surface area contributed by atoms with E-state index < -0.39 is 244 Å². The average Bonchev–Trinajstić information content (AvgIpc) is 0.715. The monoisotopic (exact) mass is 1700 g/mol. The number of rotatable bonds is 46. The Hall–Kier alpha value is -5.42. The van der Waals surface area contributed by atoms with Crippen molar-refractivity contribution in [1.29, 1.82) is 0 Å². The van der Waals surface area contributed by atoms with Gasteiger partial charge in [0.1, 0.15) is 0 Å². The van der Waals surface area contributed by atoms with Gasteiger partial charge >= 0.3 is 137 Å². The van der Waals surface area contributed by atoms with Crippen molar-refractivity contribution in [2.24, 2.45) is 0 Å². The maximum absolute atomic E-state index is 13.6. The van der Waals surface area contributed by atoms with Crippen LogP contribution in [0.1, 0.15) is 133 Å². The van der Waals surface area contributed by atoms with Crippen LogP contribution in [0.4, 0.5) is 0 Å². The first-order chi connectivity index (χ1) is 50.3. The van der Waals surface area contributed by atoms with E-state index in [9.17, 15) is 62.3 Å². The van der Waals surface area contributed by atoms with E-state index >= 15 is 0 Å². The number of hydrogen-bond donors (Lipinski definition) is 4. The summed E-state index contributed by atoms with van der Waals surface area (Å²) in [5, 5.41) is 0. The first-order valence-electron chi connectivity index (χ1n) is 35.0. The van der Waals surface area contributed by atoms with E-state index in [2.05, 4.69) is 59.2 Å². The van der Waals surface area contributed by atoms with Crippen molar-refractivity contribution in [3.8, 4) is 0 Å². The van der Waals surface area contributed by atoms with Gasteiger partial charge in [-0.1, -0.05) is 59.2 Å². The van der Waals surface area contributed by atoms with Crippen LogP contribution in [-0.4, -0.2) is 214 Å². The van der Waals surface area contributed by atoms with E-state index in [1.807, 2.05) is 0 Å². The van der Waals surface area contributed by atoms with Crippen molar-refractivity contribution in [3.05, 3.63) is 109 Å². The molecule has 6 bridgehead atoms. The third-order valence-electron chi connectivity index (χ3n) is 15.3. The molecule has 108 heavy (non-hydrogen) atoms. The van der Waals surface area contributed by atoms with Crippen molar-refractivity contribution in [1.82, 2.24) is 0 Å². The van der Waals surface area contributed by atoms with Gasteiger partial charge in [-0.05, 0) is 132 Å². The van der Waals surface area contributed by atoms with Crippen LogP contribution in [0.2, 0.25) is 54.4 Å². The van der Waals surface area contributed by atoms with Gasteiger partial charge in [0.2, 0.25) is 0 Å². The molecule has 0 aromatic carbocycles. The van der Waals surface area contributed by atoms with Gasteiger partial charge in [0.15, 0.2) is 5.78 Å². The minimum Gasteiger partial charge on any atom is -0.462 e. The summed E-state index contributed by atoms with van der Waals surface area (Å²) in [4.78, 5) is 171. The number of ketones is 1. The molecule has 10 unspecified atom stereocenters. The van der Waals surface area contributed by atoms with Crippen molar-refractivity contribution in [2.75, 3.05) is 52.9 Å². The summed E-state index contributed by atoms with van der Waals surface area (Å²) in [6.07, 6.45) is -2.43. The highest BCUT2D eigenvalue weighted by atomic mass is 28.6. The molecule has 606 valence electrons. The molecule has 4 aliphatic rings. The Morgan fingerprint density at radius 3 is 0.722 bits per heavy atom. The molecule has 0 aromatic rings. The molecule has 10 atom stereocenters. The minimum absolute atomic E-state index is 0.000616. The Morgan fingerprint density at radius 2 is 0.454 bits per heavy atom. The summed E-state index contributed by atoms with van der Waals surface area (Å²) in [6, 6.07) is -5.10. The average molecular weight is 1700 g/mol. The second-order valence-corrected chi connectivity index (χ2v) is 55.1. The van der Waals surface area contributed by atoms with Crippen LogP contribution >= 0.6 is 0 Å². The number of fused-ring (bicyclic) bond motifs is 6. The second kappa shape index (κ2) is 43.0. The number of unbranched alkanes of at least 4 members (excludes halogenated alkanes) is 1. The highest BCUT2D eigenvalue weighted by Crippen LogP contribution is 2.49. The van der Waals surface area contributed by atoms with Gasteiger partial charge in [0.05, 0.1) is 52.9 Å². The zero-order valence-corrected chi connectivity index (χ0v) is 73.4. The molecular formula is C64H106O34Si10. The van der Waals surface area contributed by atoms with E-state index in [1.165, 1.54) is 62.3 Å². The van der Waals surface area contributed by atoms with Crippen LogP contribution < -0.4 is 0 Å². The summed E-state index contributed by atoms with van der Waals surface area (Å²) < 4.78 is 139. The predicted octanol–water partition coefficient (Wildman–Crippen LogP) is 6.78. The van der Waals surface area contributed by atoms with Gasteiger partial charge in [-0.2, -0.15) is 0 Å². The molecule has 4 rings (SSSR count). The fraction of sp³-hybridized carbons (Fsp3) is 0.578. The summed E-state index contributed by atoms with van der Waals surface area (Å²) in [7, 11) is -53.5. The van der Waals surface area contributed by atoms with Crippen LogP contribution in [0.15, 0.2) is 109 Å². The van der Waals surface area contributed by atoms with Crippen LogP contribution in [0.5, 0.6) is 0 Å². The molecule has 0 amide bonds. The highest BCUT2D eigenvalue weighted by Gasteiger charge is 2.77. The third-order valence-corrected chi connectivity index (χ3v) is 55.8. The van der Waals surface area contributed by atoms with Gasteiger partial charge in [-0.25, -0.2) is 38.4 Å². The lowest BCUT2D eigenvalue weighted by molar-refractivity contribution is -0.139. The van der Waals surface area contributed by atoms with Crippen LogP contribution in [-0.2, 0) is 135 Å². The smallest absolute Gasteiger partial charge is 0.462 e. The zero-order valence-electron chi connectivity index (χ0n) is 63.3. The van der Waals surface area contributed by atoms with Crippen LogP contribution in [0.25, 0.3) is 0 Å². The van der Waals surface area contributed by atoms with E-state index in [0.717, 1.165) is 0 Å². The standard InChI is InChI=1S/C64H106O34Si10/c1-47(2)56(65)29-19-20-38-101(75)90-103(77,41-23-32-80-59(68)50(7)8)93-106(44-26-35-83-62(71)53(13)14)95-105(43-25-34-82-61(70)52(11)12)88-99-86-100(74,39-21-30-78-57(66)48(3)4)89-102(76,40-22-31-79-58(67)49(5)6)91-104(87-99,42-24-33-81-60(69)51(9)10)94-108(96-105,46-28-37-85-64(73)55(17)18)98-107(92-101,97-106)45-27-36-84-63(72)54(15)16/h74-77,99H,1,3,5,7,9,11,13,15,17,19-46H2,2,4,6,8,10,12,14,16,18H3. The van der Waals surface area contributed by atoms with E-state index in [0.29, 0.717) is 0 Å². The third kappa shape index (κ3) is 31.6. The molecule has 0 aliphatic carbocycles. The van der Waals surface area contributed by atoms with E-state index in [1.54, 1.807) is 0 Å². The molecule has 0 aromatic heterocycles. The van der Waals surface area contributed by atoms with Crippen LogP contribution in [0.3, 0.4) is 0 Å². The lowest BCUT2D eigenvalue weighted by Crippen LogP contribution is -2.82. The first-order valence-corrected chi connectivity index (χ1v) is 54.0. The minimum atomic E-state index is -5.60. The number of Topliss-reactive ketones (excluding diaryl/α,β-unsaturated/α-hetero) is 1. The Kier molecular flexibility index (Phi) is 37.8. The van der Waals surface area contributed by atoms with Crippen molar-refractivity contribution in [3.63, 3.8) is 0 Å². The molecule has 4 heterocycles. The highest BCUT2D eigenvalue weighted by molar-refractivity contribution is 6.98. The number of allylic oxidation sites excluding steroid dienone is 1. The van der Waals surface area contributed by atoms with Crippen molar-refractivity contribution < 1.29 is 154 Å². The quantitative estimate of drug-likeness (QED) is 0.0160. The van der Waals surface area contributed by atoms with Crippen molar-refractivity contribution >= 4 is 142 Å². The van der Waals surface area contributed by atoms with Gasteiger partial charge in [0.25, 0.3) is 0 Å². The molecule has 4 N–H and O–H groups in total. The molecule has 34 nitrogen and oxygen atoms in total. The molecule has 44 heteroatoms. The Bertz CT molecular complexity index is 3380. The van der Waals surface area contributed by atoms with Crippen molar-refractivity contribution in [2.45, 2.75) is 187 Å². The Morgan fingerprint density at radius 1 is 0.250 bits per heavy atom. The molecule has 0 spiro atoms. The Balaban J connectivity index is 2.36. The summed E-state index contributed by atoms with van der Waals surface area (Å²) in [6.45, 7) is 42.3. The lowest BCUT2D eigenvalue weighted by atomic mass is 10.1. The fourth-order valence-electron chi connectivity index (χ4n) is 10.0. The van der Waals surface area contributed by atoms with Gasteiger partial charge < -0.3 is 111 Å². The molecule has 4 saturated heterocycles. The summed E-state index contributed by atoms with van der Waals surface area (Å²) in [5.41, 5.74) is 0.309. The first kappa shape index (κ1) is 95.0. The normalized spacial score (nSPS) is 27.3. The summed E-state index contributed by atoms with van der Waals surface area (Å²) in [5.74, 6) is -6.92. The maximum atomic E-state index is 13.6. The number of carbonyl (C=O) groups excluding carboxylic acids is 9. The topological polar surface area (TPSA) is 428 Å². The lowest BCUT2D eigenvalue weighted by Gasteiger charge is -2.57. The SMILES string of the molecule is C=C(C)C(=O)CCCC[Si]1(O)O[Si](O)(CCCOC(=O)C(=C)C)O[Si]2(CCCOC(=O)C(=C)C)O[Si]3(CCCOC(=O)C(=C)C)O[SiH]4O[Si](O)(CCCOC(=O)C(=C)C)O[Si](O)(CCCOC(=O)C(=C)C)O[Si](CCCOC(=O)C(=C)C)(O4)O[Si](CCCOC(=O)C(=C)C)(O3)O[Si](CCCOC(=O)C(=C)C)(O1)O2. The Labute approximate surface area is 642 Å². The second-order valence-electron chi connectivity index (χ2n) is 26.5. The summed E-state index contributed by atoms with van der Waals surface area (Å²) >= 11 is 0. The van der Waals surface area contributed by atoms with Crippen LogP contribution in [0, 0.1) is 0 Å². The van der Waals surface area contributed by atoms with Gasteiger partial charge in [-0.3, -0.25) is 4.79 Å². The maximum Gasteiger partial charge on any atom is 0.483 e. The zero-order chi connectivity index (χ0) is 81.1. The number of carbonyl (C=O) groups is 9. The fourth-order valence-corrected chi connectivity index (χ4v) is 60.4. The molecule has 4 fully saturated rings. The number of esters is 8. The van der Waals surface area contributed by atoms with E-state index in [4.69, 9.17) is 91.4 Å². The van der Waals surface area contributed by atoms with Gasteiger partial charge in [-0.15, -0.1) is 0 Å². The van der Waals surface area contributed by atoms with E-state index in [-0.39, 0.29) is 127 Å².